The molecule has 1 N–H and O–H groups in total. The van der Waals surface area contributed by atoms with Gasteiger partial charge in [-0.1, -0.05) is 40.9 Å². The zero-order valence-corrected chi connectivity index (χ0v) is 9.62. The van der Waals surface area contributed by atoms with E-state index in [1.165, 1.54) is 23.1 Å². The number of thioether (sulfide) groups is 2. The molecule has 0 aliphatic rings. The van der Waals surface area contributed by atoms with Gasteiger partial charge < -0.3 is 5.11 Å². The molecule has 76 valence electrons. The minimum Gasteiger partial charge on any atom is -0.481 e. The highest BCUT2D eigenvalue weighted by Crippen LogP contribution is 2.28. The predicted molar refractivity (Wildman–Crippen MR) is 59.2 cm³/mol. The first kappa shape index (κ1) is 11.5. The molecule has 0 bridgehead atoms. The van der Waals surface area contributed by atoms with Gasteiger partial charge in [-0.25, -0.2) is 0 Å². The van der Waals surface area contributed by atoms with Gasteiger partial charge in [-0.3, -0.25) is 4.79 Å². The van der Waals surface area contributed by atoms with Gasteiger partial charge in [-0.15, -0.1) is 16.8 Å². The van der Waals surface area contributed by atoms with E-state index in [2.05, 4.69) is 16.8 Å². The third kappa shape index (κ3) is 4.12. The number of rotatable bonds is 6. The van der Waals surface area contributed by atoms with Crippen LogP contribution in [0.25, 0.3) is 0 Å². The molecule has 1 rings (SSSR count). The average molecular weight is 248 g/mol. The van der Waals surface area contributed by atoms with Crippen LogP contribution in [0.2, 0.25) is 0 Å². The van der Waals surface area contributed by atoms with Gasteiger partial charge in [0, 0.05) is 5.75 Å². The minimum atomic E-state index is -0.842. The Bertz CT molecular complexity index is 326. The number of aromatic nitrogens is 2. The van der Waals surface area contributed by atoms with Crippen LogP contribution < -0.4 is 0 Å². The normalized spacial score (nSPS) is 10.0. The topological polar surface area (TPSA) is 63.1 Å². The average Bonchev–Trinajstić information content (AvgIpc) is 2.59. The molecule has 1 aromatic heterocycles. The molecule has 4 nitrogen and oxygen atoms in total. The fraction of sp³-hybridized carbons (Fsp3) is 0.286. The van der Waals surface area contributed by atoms with Crippen LogP contribution in [0, 0.1) is 0 Å². The van der Waals surface area contributed by atoms with Crippen LogP contribution in [0.1, 0.15) is 0 Å². The van der Waals surface area contributed by atoms with E-state index in [0.29, 0.717) is 4.34 Å². The van der Waals surface area contributed by atoms with Crippen LogP contribution in [-0.4, -0.2) is 32.8 Å². The fourth-order valence-electron chi connectivity index (χ4n) is 0.568. The first-order chi connectivity index (χ1) is 6.72. The monoisotopic (exact) mass is 248 g/mol. The molecular formula is C7H8N2O2S3. The van der Waals surface area contributed by atoms with Gasteiger partial charge in [0.2, 0.25) is 0 Å². The van der Waals surface area contributed by atoms with Crippen LogP contribution in [-0.2, 0) is 4.79 Å². The largest absolute Gasteiger partial charge is 0.481 e. The minimum absolute atomic E-state index is 0.0285. The Balaban J connectivity index is 2.42. The standard InChI is InChI=1S/C7H8N2O2S3/c1-2-3-12-6-8-9-7(14-6)13-4-5(10)11/h2H,1,3-4H2,(H,10,11). The SMILES string of the molecule is C=CCSc1nnc(SCC(=O)O)s1. The van der Waals surface area contributed by atoms with Crippen molar-refractivity contribution in [2.24, 2.45) is 0 Å². The molecule has 0 atom stereocenters. The molecule has 0 spiro atoms. The maximum atomic E-state index is 10.3. The van der Waals surface area contributed by atoms with E-state index < -0.39 is 5.97 Å². The van der Waals surface area contributed by atoms with E-state index in [9.17, 15) is 4.79 Å². The Labute approximate surface area is 93.8 Å². The Morgan fingerprint density at radius 2 is 2.14 bits per heavy atom. The summed E-state index contributed by atoms with van der Waals surface area (Å²) in [6.45, 7) is 3.59. The molecule has 7 heteroatoms. The van der Waals surface area contributed by atoms with Crippen LogP contribution in [0.4, 0.5) is 0 Å². The second kappa shape index (κ2) is 6.05. The number of nitrogens with zero attached hydrogens (tertiary/aromatic N) is 2. The molecule has 1 heterocycles. The molecule has 0 aliphatic heterocycles. The summed E-state index contributed by atoms with van der Waals surface area (Å²) in [5.74, 6) is -0.0237. The number of carboxylic acids is 1. The van der Waals surface area contributed by atoms with Crippen molar-refractivity contribution < 1.29 is 9.90 Å². The number of hydrogen-bond donors (Lipinski definition) is 1. The summed E-state index contributed by atoms with van der Waals surface area (Å²) in [6, 6.07) is 0. The lowest BCUT2D eigenvalue weighted by molar-refractivity contribution is -0.133. The fourth-order valence-corrected chi connectivity index (χ4v) is 3.07. The van der Waals surface area contributed by atoms with Crippen molar-refractivity contribution in [1.82, 2.24) is 10.2 Å². The summed E-state index contributed by atoms with van der Waals surface area (Å²) in [6.07, 6.45) is 1.79. The molecule has 0 unspecified atom stereocenters. The third-order valence-corrected chi connectivity index (χ3v) is 4.20. The molecular weight excluding hydrogens is 240 g/mol. The highest BCUT2D eigenvalue weighted by molar-refractivity contribution is 8.03. The lowest BCUT2D eigenvalue weighted by Crippen LogP contribution is -1.96. The Kier molecular flexibility index (Phi) is 4.99. The number of carboxylic acid groups (broad SMARTS) is 1. The molecule has 1 aromatic rings. The Hall–Kier alpha value is -0.530. The van der Waals surface area contributed by atoms with Crippen molar-refractivity contribution in [3.05, 3.63) is 12.7 Å². The highest BCUT2D eigenvalue weighted by Gasteiger charge is 2.06. The predicted octanol–water partition coefficient (Wildman–Crippen LogP) is 1.99. The molecule has 14 heavy (non-hydrogen) atoms. The summed E-state index contributed by atoms with van der Waals surface area (Å²) in [5, 5.41) is 16.2. The Morgan fingerprint density at radius 3 is 2.71 bits per heavy atom. The van der Waals surface area contributed by atoms with E-state index in [1.54, 1.807) is 17.8 Å². The second-order valence-corrected chi connectivity index (χ2v) is 5.58. The van der Waals surface area contributed by atoms with Crippen LogP contribution in [0.5, 0.6) is 0 Å². The van der Waals surface area contributed by atoms with Crippen molar-refractivity contribution in [2.75, 3.05) is 11.5 Å². The van der Waals surface area contributed by atoms with Gasteiger partial charge >= 0.3 is 5.97 Å². The van der Waals surface area contributed by atoms with Gasteiger partial charge in [0.15, 0.2) is 8.68 Å². The zero-order chi connectivity index (χ0) is 10.4. The molecule has 0 saturated heterocycles. The summed E-state index contributed by atoms with van der Waals surface area (Å²) in [5.41, 5.74) is 0. The highest BCUT2D eigenvalue weighted by atomic mass is 32.2. The maximum Gasteiger partial charge on any atom is 0.313 e. The molecule has 0 aliphatic carbocycles. The van der Waals surface area contributed by atoms with Gasteiger partial charge in [0.05, 0.1) is 5.75 Å². The number of aliphatic carboxylic acids is 1. The van der Waals surface area contributed by atoms with Crippen molar-refractivity contribution in [3.63, 3.8) is 0 Å². The number of hydrogen-bond acceptors (Lipinski definition) is 6. The van der Waals surface area contributed by atoms with Crippen molar-refractivity contribution in [1.29, 1.82) is 0 Å². The number of carbonyl (C=O) groups is 1. The smallest absolute Gasteiger partial charge is 0.313 e. The van der Waals surface area contributed by atoms with E-state index in [1.807, 2.05) is 0 Å². The van der Waals surface area contributed by atoms with Gasteiger partial charge in [0.25, 0.3) is 0 Å². The van der Waals surface area contributed by atoms with Gasteiger partial charge in [-0.05, 0) is 0 Å². The van der Waals surface area contributed by atoms with Crippen LogP contribution >= 0.6 is 34.9 Å². The Morgan fingerprint density at radius 1 is 1.50 bits per heavy atom. The van der Waals surface area contributed by atoms with Crippen LogP contribution in [0.3, 0.4) is 0 Å². The summed E-state index contributed by atoms with van der Waals surface area (Å²) in [4.78, 5) is 10.3. The van der Waals surface area contributed by atoms with Gasteiger partial charge in [-0.2, -0.15) is 0 Å². The second-order valence-electron chi connectivity index (χ2n) is 2.12. The molecule has 0 aromatic carbocycles. The molecule has 0 fully saturated rings. The van der Waals surface area contributed by atoms with Gasteiger partial charge in [0.1, 0.15) is 0 Å². The lowest BCUT2D eigenvalue weighted by atomic mass is 10.8. The summed E-state index contributed by atoms with van der Waals surface area (Å²) in [7, 11) is 0. The van der Waals surface area contributed by atoms with E-state index >= 15 is 0 Å². The summed E-state index contributed by atoms with van der Waals surface area (Å²) < 4.78 is 1.54. The quantitative estimate of drug-likeness (QED) is 0.613. The van der Waals surface area contributed by atoms with Crippen molar-refractivity contribution in [2.45, 2.75) is 8.68 Å². The van der Waals surface area contributed by atoms with E-state index in [0.717, 1.165) is 10.1 Å². The first-order valence-corrected chi connectivity index (χ1v) is 6.43. The van der Waals surface area contributed by atoms with Crippen LogP contribution in [0.15, 0.2) is 21.3 Å². The first-order valence-electron chi connectivity index (χ1n) is 3.64. The maximum absolute atomic E-state index is 10.3. The van der Waals surface area contributed by atoms with Crippen molar-refractivity contribution >= 4 is 40.8 Å². The van der Waals surface area contributed by atoms with E-state index in [-0.39, 0.29) is 5.75 Å². The molecule has 0 saturated carbocycles. The molecule has 0 radical (unpaired) electrons. The lowest BCUT2D eigenvalue weighted by Gasteiger charge is -1.88. The summed E-state index contributed by atoms with van der Waals surface area (Å²) >= 11 is 4.14. The third-order valence-electron chi connectivity index (χ3n) is 1.03. The molecule has 0 amide bonds. The zero-order valence-electron chi connectivity index (χ0n) is 7.17. The van der Waals surface area contributed by atoms with E-state index in [4.69, 9.17) is 5.11 Å². The van der Waals surface area contributed by atoms with Crippen molar-refractivity contribution in [3.8, 4) is 0 Å².